The Balaban J connectivity index is 1.52. The van der Waals surface area contributed by atoms with Crippen molar-refractivity contribution in [2.75, 3.05) is 13.1 Å². The van der Waals surface area contributed by atoms with Gasteiger partial charge in [-0.3, -0.25) is 4.79 Å². The van der Waals surface area contributed by atoms with Crippen molar-refractivity contribution < 1.29 is 18.0 Å². The monoisotopic (exact) mass is 319 g/mol. The van der Waals surface area contributed by atoms with Crippen LogP contribution in [0.15, 0.2) is 5.38 Å². The van der Waals surface area contributed by atoms with E-state index in [1.165, 1.54) is 0 Å². The highest BCUT2D eigenvalue weighted by atomic mass is 32.1. The number of alkyl halides is 3. The van der Waals surface area contributed by atoms with E-state index in [1.54, 1.807) is 0 Å². The van der Waals surface area contributed by atoms with Crippen molar-refractivity contribution in [3.8, 4) is 0 Å². The third-order valence-electron chi connectivity index (χ3n) is 4.36. The lowest BCUT2D eigenvalue weighted by Crippen LogP contribution is -2.33. The van der Waals surface area contributed by atoms with Gasteiger partial charge in [0, 0.05) is 11.3 Å². The molecule has 1 spiro atoms. The summed E-state index contributed by atoms with van der Waals surface area (Å²) in [6, 6.07) is 0. The van der Waals surface area contributed by atoms with Crippen LogP contribution in [0.25, 0.3) is 0 Å². The Kier molecular flexibility index (Phi) is 3.69. The zero-order valence-corrected chi connectivity index (χ0v) is 12.1. The molecule has 1 aromatic rings. The average molecular weight is 319 g/mol. The van der Waals surface area contributed by atoms with Crippen LogP contribution in [0.5, 0.6) is 0 Å². The van der Waals surface area contributed by atoms with Gasteiger partial charge < -0.3 is 10.6 Å². The van der Waals surface area contributed by atoms with Gasteiger partial charge in [-0.15, -0.1) is 11.3 Å². The molecule has 116 valence electrons. The summed E-state index contributed by atoms with van der Waals surface area (Å²) in [4.78, 5) is 15.6. The van der Waals surface area contributed by atoms with Crippen LogP contribution in [0, 0.1) is 11.3 Å². The van der Waals surface area contributed by atoms with Gasteiger partial charge in [-0.1, -0.05) is 0 Å². The van der Waals surface area contributed by atoms with Gasteiger partial charge in [-0.2, -0.15) is 13.2 Å². The van der Waals surface area contributed by atoms with Crippen molar-refractivity contribution in [1.82, 2.24) is 15.6 Å². The summed E-state index contributed by atoms with van der Waals surface area (Å²) in [5, 5.41) is 7.25. The first-order valence-corrected chi connectivity index (χ1v) is 7.79. The van der Waals surface area contributed by atoms with E-state index in [0.29, 0.717) is 0 Å². The van der Waals surface area contributed by atoms with E-state index in [0.717, 1.165) is 49.1 Å². The normalized spacial score (nSPS) is 24.0. The highest BCUT2D eigenvalue weighted by Crippen LogP contribution is 2.58. The van der Waals surface area contributed by atoms with Gasteiger partial charge in [0.25, 0.3) is 0 Å². The standard InChI is InChI=1S/C13H16F3N3OS/c14-13(15,16)9-7-21-10(19-9)6-18-11(20)8-5-12(8)1-3-17-4-2-12/h7-8,17H,1-6H2,(H,18,20). The molecule has 2 aliphatic rings. The molecule has 21 heavy (non-hydrogen) atoms. The van der Waals surface area contributed by atoms with Crippen LogP contribution in [0.3, 0.4) is 0 Å². The molecule has 1 aliphatic heterocycles. The van der Waals surface area contributed by atoms with Crippen LogP contribution < -0.4 is 10.6 Å². The van der Waals surface area contributed by atoms with Crippen LogP contribution >= 0.6 is 11.3 Å². The minimum atomic E-state index is -4.42. The second kappa shape index (κ2) is 5.24. The van der Waals surface area contributed by atoms with Crippen LogP contribution in [0.4, 0.5) is 13.2 Å². The maximum atomic E-state index is 12.4. The van der Waals surface area contributed by atoms with Crippen molar-refractivity contribution in [2.45, 2.75) is 32.0 Å². The van der Waals surface area contributed by atoms with E-state index in [4.69, 9.17) is 0 Å². The molecule has 0 aromatic carbocycles. The second-order valence-electron chi connectivity index (χ2n) is 5.71. The Morgan fingerprint density at radius 1 is 1.48 bits per heavy atom. The lowest BCUT2D eigenvalue weighted by Gasteiger charge is -2.23. The number of hydrogen-bond donors (Lipinski definition) is 2. The zero-order valence-electron chi connectivity index (χ0n) is 11.3. The zero-order chi connectivity index (χ0) is 15.1. The fourth-order valence-electron chi connectivity index (χ4n) is 3.00. The van der Waals surface area contributed by atoms with Gasteiger partial charge in [0.1, 0.15) is 5.01 Å². The molecule has 1 aromatic heterocycles. The molecule has 4 nitrogen and oxygen atoms in total. The van der Waals surface area contributed by atoms with E-state index in [9.17, 15) is 18.0 Å². The van der Waals surface area contributed by atoms with Crippen molar-refractivity contribution in [3.05, 3.63) is 16.1 Å². The van der Waals surface area contributed by atoms with E-state index >= 15 is 0 Å². The fourth-order valence-corrected chi connectivity index (χ4v) is 3.74. The molecule has 1 aliphatic carbocycles. The SMILES string of the molecule is O=C(NCc1nc(C(F)(F)F)cs1)C1CC12CCNCC2. The molecular weight excluding hydrogens is 303 g/mol. The van der Waals surface area contributed by atoms with Crippen LogP contribution in [0.2, 0.25) is 0 Å². The minimum Gasteiger partial charge on any atom is -0.349 e. The Morgan fingerprint density at radius 2 is 2.19 bits per heavy atom. The van der Waals surface area contributed by atoms with Gasteiger partial charge in [-0.25, -0.2) is 4.98 Å². The van der Waals surface area contributed by atoms with E-state index in [1.807, 2.05) is 0 Å². The number of hydrogen-bond acceptors (Lipinski definition) is 4. The van der Waals surface area contributed by atoms with Crippen LogP contribution in [0.1, 0.15) is 30.0 Å². The van der Waals surface area contributed by atoms with Gasteiger partial charge >= 0.3 is 6.18 Å². The van der Waals surface area contributed by atoms with Gasteiger partial charge in [0.15, 0.2) is 5.69 Å². The first-order chi connectivity index (χ1) is 9.91. The Morgan fingerprint density at radius 3 is 2.81 bits per heavy atom. The largest absolute Gasteiger partial charge is 0.434 e. The predicted octanol–water partition coefficient (Wildman–Crippen LogP) is 2.17. The molecule has 1 saturated heterocycles. The molecule has 0 bridgehead atoms. The maximum Gasteiger partial charge on any atom is 0.434 e. The summed E-state index contributed by atoms with van der Waals surface area (Å²) in [5.41, 5.74) is -0.756. The molecule has 1 amide bonds. The number of carbonyl (C=O) groups excluding carboxylic acids is 1. The molecular formula is C13H16F3N3OS. The summed E-state index contributed by atoms with van der Waals surface area (Å²) < 4.78 is 37.3. The molecule has 2 fully saturated rings. The molecule has 2 N–H and O–H groups in total. The number of nitrogens with zero attached hydrogens (tertiary/aromatic N) is 1. The summed E-state index contributed by atoms with van der Waals surface area (Å²) in [6.45, 7) is 1.95. The van der Waals surface area contributed by atoms with Crippen LogP contribution in [-0.4, -0.2) is 24.0 Å². The number of thiazole rings is 1. The third-order valence-corrected chi connectivity index (χ3v) is 5.21. The number of halogens is 3. The molecule has 1 saturated carbocycles. The summed E-state index contributed by atoms with van der Waals surface area (Å²) >= 11 is 0.922. The van der Waals surface area contributed by atoms with E-state index in [-0.39, 0.29) is 28.8 Å². The van der Waals surface area contributed by atoms with E-state index in [2.05, 4.69) is 15.6 Å². The topological polar surface area (TPSA) is 54.0 Å². The quantitative estimate of drug-likeness (QED) is 0.898. The highest BCUT2D eigenvalue weighted by Gasteiger charge is 2.57. The average Bonchev–Trinajstić information content (AvgIpc) is 2.91. The smallest absolute Gasteiger partial charge is 0.349 e. The maximum absolute atomic E-state index is 12.4. The molecule has 0 radical (unpaired) electrons. The summed E-state index contributed by atoms with van der Waals surface area (Å²) in [5.74, 6) is -0.0395. The Labute approximate surface area is 124 Å². The minimum absolute atomic E-state index is 0.0154. The van der Waals surface area contributed by atoms with Crippen LogP contribution in [-0.2, 0) is 17.5 Å². The fraction of sp³-hybridized carbons (Fsp3) is 0.692. The van der Waals surface area contributed by atoms with Gasteiger partial charge in [-0.05, 0) is 37.8 Å². The number of piperidine rings is 1. The molecule has 1 unspecified atom stereocenters. The lowest BCUT2D eigenvalue weighted by atomic mass is 9.92. The third kappa shape index (κ3) is 3.06. The number of nitrogens with one attached hydrogen (secondary N) is 2. The highest BCUT2D eigenvalue weighted by molar-refractivity contribution is 7.09. The van der Waals surface area contributed by atoms with Gasteiger partial charge in [0.05, 0.1) is 6.54 Å². The van der Waals surface area contributed by atoms with Gasteiger partial charge in [0.2, 0.25) is 5.91 Å². The van der Waals surface area contributed by atoms with Crippen molar-refractivity contribution in [3.63, 3.8) is 0 Å². The molecule has 8 heteroatoms. The molecule has 1 atom stereocenters. The van der Waals surface area contributed by atoms with Crippen molar-refractivity contribution >= 4 is 17.2 Å². The van der Waals surface area contributed by atoms with Crippen molar-refractivity contribution in [1.29, 1.82) is 0 Å². The Hall–Kier alpha value is -1.15. The van der Waals surface area contributed by atoms with E-state index < -0.39 is 11.9 Å². The predicted molar refractivity (Wildman–Crippen MR) is 71.6 cm³/mol. The second-order valence-corrected chi connectivity index (χ2v) is 6.65. The first-order valence-electron chi connectivity index (χ1n) is 6.91. The molecule has 3 rings (SSSR count). The number of carbonyl (C=O) groups is 1. The number of rotatable bonds is 3. The van der Waals surface area contributed by atoms with Crippen molar-refractivity contribution in [2.24, 2.45) is 11.3 Å². The molecule has 2 heterocycles. The Bertz CT molecular complexity index is 537. The summed E-state index contributed by atoms with van der Waals surface area (Å²) in [6.07, 6.45) is -1.53. The number of amides is 1. The first kappa shape index (κ1) is 14.8. The number of aromatic nitrogens is 1. The summed E-state index contributed by atoms with van der Waals surface area (Å²) in [7, 11) is 0. The lowest BCUT2D eigenvalue weighted by molar-refractivity contribution is -0.140.